The molecule has 0 spiro atoms. The minimum atomic E-state index is -0.227. The number of aliphatic hydroxyl groups is 1. The standard InChI is InChI=1S/C14H20FNO/c1-10-7-12(3-4-14(10)15)8-16-6-5-13(9-16)11(2)17/h3-4,7,11,13,17H,5-6,8-9H2,1-2H3. The summed E-state index contributed by atoms with van der Waals surface area (Å²) in [7, 11) is 0. The summed E-state index contributed by atoms with van der Waals surface area (Å²) < 4.78 is 13.1. The van der Waals surface area contributed by atoms with Gasteiger partial charge in [0.05, 0.1) is 6.10 Å². The third-order valence-corrected chi connectivity index (χ3v) is 3.62. The molecular formula is C14H20FNO. The maximum atomic E-state index is 13.1. The van der Waals surface area contributed by atoms with Crippen LogP contribution in [0.5, 0.6) is 0 Å². The molecule has 17 heavy (non-hydrogen) atoms. The van der Waals surface area contributed by atoms with Crippen molar-refractivity contribution >= 4 is 0 Å². The number of aryl methyl sites for hydroxylation is 1. The van der Waals surface area contributed by atoms with Gasteiger partial charge in [-0.25, -0.2) is 4.39 Å². The highest BCUT2D eigenvalue weighted by Gasteiger charge is 2.25. The van der Waals surface area contributed by atoms with Crippen molar-refractivity contribution in [2.45, 2.75) is 32.9 Å². The Labute approximate surface area is 102 Å². The Bertz CT molecular complexity index is 392. The number of halogens is 1. The Morgan fingerprint density at radius 2 is 2.29 bits per heavy atom. The van der Waals surface area contributed by atoms with Crippen LogP contribution in [0.3, 0.4) is 0 Å². The molecular weight excluding hydrogens is 217 g/mol. The van der Waals surface area contributed by atoms with Crippen LogP contribution in [0.15, 0.2) is 18.2 Å². The van der Waals surface area contributed by atoms with Crippen molar-refractivity contribution in [2.75, 3.05) is 13.1 Å². The van der Waals surface area contributed by atoms with E-state index in [1.165, 1.54) is 6.07 Å². The predicted molar refractivity (Wildman–Crippen MR) is 66.2 cm³/mol. The number of benzene rings is 1. The molecule has 1 fully saturated rings. The van der Waals surface area contributed by atoms with Gasteiger partial charge >= 0.3 is 0 Å². The van der Waals surface area contributed by atoms with Crippen LogP contribution >= 0.6 is 0 Å². The molecule has 2 nitrogen and oxygen atoms in total. The van der Waals surface area contributed by atoms with Crippen molar-refractivity contribution in [3.8, 4) is 0 Å². The Morgan fingerprint density at radius 1 is 1.53 bits per heavy atom. The van der Waals surface area contributed by atoms with Gasteiger partial charge in [-0.3, -0.25) is 4.90 Å². The van der Waals surface area contributed by atoms with Crippen molar-refractivity contribution in [3.05, 3.63) is 35.1 Å². The Morgan fingerprint density at radius 3 is 2.88 bits per heavy atom. The first-order valence-electron chi connectivity index (χ1n) is 6.21. The normalized spacial score (nSPS) is 22.9. The Kier molecular flexibility index (Phi) is 3.79. The summed E-state index contributed by atoms with van der Waals surface area (Å²) in [4.78, 5) is 2.32. The zero-order valence-electron chi connectivity index (χ0n) is 10.5. The van der Waals surface area contributed by atoms with E-state index >= 15 is 0 Å². The highest BCUT2D eigenvalue weighted by atomic mass is 19.1. The van der Waals surface area contributed by atoms with E-state index in [-0.39, 0.29) is 11.9 Å². The van der Waals surface area contributed by atoms with Crippen LogP contribution in [0.1, 0.15) is 24.5 Å². The third-order valence-electron chi connectivity index (χ3n) is 3.62. The first-order chi connectivity index (χ1) is 8.06. The third kappa shape index (κ3) is 3.05. The summed E-state index contributed by atoms with van der Waals surface area (Å²) in [5.74, 6) is 0.244. The quantitative estimate of drug-likeness (QED) is 0.872. The number of aliphatic hydroxyl groups excluding tert-OH is 1. The second-order valence-corrected chi connectivity index (χ2v) is 5.11. The molecule has 94 valence electrons. The fourth-order valence-corrected chi connectivity index (χ4v) is 2.46. The monoisotopic (exact) mass is 237 g/mol. The van der Waals surface area contributed by atoms with Crippen molar-refractivity contribution < 1.29 is 9.50 Å². The van der Waals surface area contributed by atoms with E-state index in [4.69, 9.17) is 0 Å². The van der Waals surface area contributed by atoms with Crippen molar-refractivity contribution in [1.29, 1.82) is 0 Å². The SMILES string of the molecule is Cc1cc(CN2CCC(C(C)O)C2)ccc1F. The van der Waals surface area contributed by atoms with Gasteiger partial charge in [-0.15, -0.1) is 0 Å². The molecule has 1 aliphatic rings. The van der Waals surface area contributed by atoms with E-state index in [0.717, 1.165) is 31.6 Å². The number of nitrogens with zero attached hydrogens (tertiary/aromatic N) is 1. The lowest BCUT2D eigenvalue weighted by Crippen LogP contribution is -2.24. The smallest absolute Gasteiger partial charge is 0.126 e. The second-order valence-electron chi connectivity index (χ2n) is 5.11. The summed E-state index contributed by atoms with van der Waals surface area (Å²) in [6, 6.07) is 5.29. The summed E-state index contributed by atoms with van der Waals surface area (Å²) in [6.45, 7) is 6.46. The predicted octanol–water partition coefficient (Wildman–Crippen LogP) is 2.34. The van der Waals surface area contributed by atoms with Crippen LogP contribution in [0, 0.1) is 18.7 Å². The van der Waals surface area contributed by atoms with E-state index in [9.17, 15) is 9.50 Å². The molecule has 1 N–H and O–H groups in total. The zero-order chi connectivity index (χ0) is 12.4. The molecule has 1 saturated heterocycles. The molecule has 3 heteroatoms. The van der Waals surface area contributed by atoms with Crippen LogP contribution in [0.4, 0.5) is 4.39 Å². The van der Waals surface area contributed by atoms with Gasteiger partial charge in [-0.05, 0) is 49.9 Å². The summed E-state index contributed by atoms with van der Waals surface area (Å²) in [5, 5.41) is 9.54. The minimum absolute atomic E-state index is 0.142. The topological polar surface area (TPSA) is 23.5 Å². The van der Waals surface area contributed by atoms with Crippen molar-refractivity contribution in [3.63, 3.8) is 0 Å². The van der Waals surface area contributed by atoms with Gasteiger partial charge in [-0.1, -0.05) is 12.1 Å². The molecule has 0 bridgehead atoms. The molecule has 1 aliphatic heterocycles. The molecule has 0 aromatic heterocycles. The molecule has 1 heterocycles. The van der Waals surface area contributed by atoms with Gasteiger partial charge in [0.15, 0.2) is 0 Å². The first-order valence-corrected chi connectivity index (χ1v) is 6.21. The fraction of sp³-hybridized carbons (Fsp3) is 0.571. The molecule has 2 atom stereocenters. The van der Waals surface area contributed by atoms with Crippen molar-refractivity contribution in [2.24, 2.45) is 5.92 Å². The average molecular weight is 237 g/mol. The Balaban J connectivity index is 1.96. The van der Waals surface area contributed by atoms with E-state index in [2.05, 4.69) is 4.90 Å². The van der Waals surface area contributed by atoms with Crippen LogP contribution in [0.25, 0.3) is 0 Å². The molecule has 2 rings (SSSR count). The first kappa shape index (κ1) is 12.5. The van der Waals surface area contributed by atoms with Gasteiger partial charge in [0.2, 0.25) is 0 Å². The molecule has 0 radical (unpaired) electrons. The summed E-state index contributed by atoms with van der Waals surface area (Å²) >= 11 is 0. The maximum Gasteiger partial charge on any atom is 0.126 e. The van der Waals surface area contributed by atoms with E-state index in [1.807, 2.05) is 19.1 Å². The summed E-state index contributed by atoms with van der Waals surface area (Å²) in [5.41, 5.74) is 1.85. The lowest BCUT2D eigenvalue weighted by molar-refractivity contribution is 0.127. The lowest BCUT2D eigenvalue weighted by atomic mass is 10.0. The van der Waals surface area contributed by atoms with Crippen LogP contribution in [-0.4, -0.2) is 29.2 Å². The van der Waals surface area contributed by atoms with Gasteiger partial charge in [-0.2, -0.15) is 0 Å². The number of rotatable bonds is 3. The van der Waals surface area contributed by atoms with Gasteiger partial charge in [0, 0.05) is 13.1 Å². The van der Waals surface area contributed by atoms with Gasteiger partial charge in [0.25, 0.3) is 0 Å². The number of likely N-dealkylation sites (tertiary alicyclic amines) is 1. The molecule has 2 unspecified atom stereocenters. The fourth-order valence-electron chi connectivity index (χ4n) is 2.46. The van der Waals surface area contributed by atoms with E-state index in [1.54, 1.807) is 6.92 Å². The molecule has 0 aliphatic carbocycles. The second kappa shape index (κ2) is 5.15. The highest BCUT2D eigenvalue weighted by molar-refractivity contribution is 5.23. The Hall–Kier alpha value is -0.930. The minimum Gasteiger partial charge on any atom is -0.393 e. The van der Waals surface area contributed by atoms with Crippen LogP contribution < -0.4 is 0 Å². The van der Waals surface area contributed by atoms with E-state index in [0.29, 0.717) is 11.5 Å². The zero-order valence-corrected chi connectivity index (χ0v) is 10.5. The lowest BCUT2D eigenvalue weighted by Gasteiger charge is -2.17. The number of hydrogen-bond acceptors (Lipinski definition) is 2. The van der Waals surface area contributed by atoms with Crippen LogP contribution in [0.2, 0.25) is 0 Å². The van der Waals surface area contributed by atoms with Gasteiger partial charge in [0.1, 0.15) is 5.82 Å². The molecule has 0 amide bonds. The highest BCUT2D eigenvalue weighted by Crippen LogP contribution is 2.22. The summed E-state index contributed by atoms with van der Waals surface area (Å²) in [6.07, 6.45) is 0.827. The maximum absolute atomic E-state index is 13.1. The molecule has 1 aromatic rings. The molecule has 1 aromatic carbocycles. The largest absolute Gasteiger partial charge is 0.393 e. The number of hydrogen-bond donors (Lipinski definition) is 1. The van der Waals surface area contributed by atoms with Gasteiger partial charge < -0.3 is 5.11 Å². The van der Waals surface area contributed by atoms with Crippen LogP contribution in [-0.2, 0) is 6.54 Å². The van der Waals surface area contributed by atoms with E-state index < -0.39 is 0 Å². The molecule has 0 saturated carbocycles. The van der Waals surface area contributed by atoms with Crippen molar-refractivity contribution in [1.82, 2.24) is 4.90 Å². The average Bonchev–Trinajstić information content (AvgIpc) is 2.72.